The third-order valence-electron chi connectivity index (χ3n) is 4.74. The van der Waals surface area contributed by atoms with Crippen molar-refractivity contribution in [2.75, 3.05) is 18.0 Å². The van der Waals surface area contributed by atoms with Gasteiger partial charge in [-0.1, -0.05) is 42.8 Å². The van der Waals surface area contributed by atoms with Gasteiger partial charge < -0.3 is 10.6 Å². The molecule has 1 fully saturated rings. The highest BCUT2D eigenvalue weighted by Gasteiger charge is 2.23. The minimum absolute atomic E-state index is 0.257. The van der Waals surface area contributed by atoms with Crippen LogP contribution in [0.5, 0.6) is 0 Å². The van der Waals surface area contributed by atoms with Crippen LogP contribution in [0.1, 0.15) is 39.2 Å². The van der Waals surface area contributed by atoms with Gasteiger partial charge in [-0.25, -0.2) is 0 Å². The maximum Gasteiger partial charge on any atom is 0.0377 e. The Morgan fingerprint density at radius 1 is 1.35 bits per heavy atom. The van der Waals surface area contributed by atoms with Gasteiger partial charge in [0, 0.05) is 29.3 Å². The molecule has 1 saturated heterocycles. The van der Waals surface area contributed by atoms with E-state index < -0.39 is 0 Å². The molecule has 0 bridgehead atoms. The zero-order valence-corrected chi connectivity index (χ0v) is 14.5. The van der Waals surface area contributed by atoms with Crippen LogP contribution in [0.4, 0.5) is 5.69 Å². The first-order valence-corrected chi connectivity index (χ1v) is 8.59. The number of nitrogens with two attached hydrogens (primary N) is 1. The molecule has 3 unspecified atom stereocenters. The van der Waals surface area contributed by atoms with Gasteiger partial charge in [-0.05, 0) is 48.8 Å². The van der Waals surface area contributed by atoms with E-state index in [4.69, 9.17) is 5.73 Å². The lowest BCUT2D eigenvalue weighted by Crippen LogP contribution is -2.38. The normalized spacial score (nSPS) is 24.8. The third-order valence-corrected chi connectivity index (χ3v) is 5.48. The van der Waals surface area contributed by atoms with Crippen LogP contribution >= 0.6 is 15.9 Å². The molecule has 1 aliphatic rings. The van der Waals surface area contributed by atoms with Gasteiger partial charge in [0.2, 0.25) is 0 Å². The first kappa shape index (κ1) is 15.8. The van der Waals surface area contributed by atoms with Gasteiger partial charge in [0.25, 0.3) is 0 Å². The van der Waals surface area contributed by atoms with Crippen LogP contribution in [0.2, 0.25) is 0 Å². The summed E-state index contributed by atoms with van der Waals surface area (Å²) in [6.45, 7) is 9.21. The van der Waals surface area contributed by atoms with Crippen molar-refractivity contribution in [1.29, 1.82) is 0 Å². The minimum atomic E-state index is 0.257. The molecule has 1 aromatic rings. The van der Waals surface area contributed by atoms with Gasteiger partial charge in [-0.15, -0.1) is 0 Å². The van der Waals surface area contributed by atoms with Crippen molar-refractivity contribution in [3.05, 3.63) is 28.2 Å². The molecule has 0 aromatic heterocycles. The van der Waals surface area contributed by atoms with Gasteiger partial charge in [0.05, 0.1) is 0 Å². The van der Waals surface area contributed by atoms with Crippen molar-refractivity contribution < 1.29 is 0 Å². The van der Waals surface area contributed by atoms with Crippen LogP contribution in [-0.2, 0) is 6.42 Å². The van der Waals surface area contributed by atoms with Gasteiger partial charge in [0.1, 0.15) is 0 Å². The molecule has 1 heterocycles. The van der Waals surface area contributed by atoms with Crippen molar-refractivity contribution in [1.82, 2.24) is 0 Å². The molecule has 112 valence electrons. The molecule has 2 rings (SSSR count). The monoisotopic (exact) mass is 338 g/mol. The van der Waals surface area contributed by atoms with Crippen molar-refractivity contribution in [3.63, 3.8) is 0 Å². The molecule has 1 aliphatic heterocycles. The Morgan fingerprint density at radius 3 is 2.70 bits per heavy atom. The second-order valence-corrected chi connectivity index (χ2v) is 7.19. The summed E-state index contributed by atoms with van der Waals surface area (Å²) < 4.78 is 1.20. The summed E-state index contributed by atoms with van der Waals surface area (Å²) in [5.74, 6) is 1.62. The Morgan fingerprint density at radius 2 is 2.10 bits per heavy atom. The Bertz CT molecular complexity index is 447. The van der Waals surface area contributed by atoms with Gasteiger partial charge in [-0.2, -0.15) is 0 Å². The Labute approximate surface area is 131 Å². The average molecular weight is 339 g/mol. The quantitative estimate of drug-likeness (QED) is 0.890. The van der Waals surface area contributed by atoms with Crippen molar-refractivity contribution in [3.8, 4) is 0 Å². The Balaban J connectivity index is 2.09. The van der Waals surface area contributed by atoms with Crippen LogP contribution in [-0.4, -0.2) is 19.1 Å². The minimum Gasteiger partial charge on any atom is -0.371 e. The molecule has 20 heavy (non-hydrogen) atoms. The van der Waals surface area contributed by atoms with E-state index in [9.17, 15) is 0 Å². The molecule has 3 atom stereocenters. The number of hydrogen-bond donors (Lipinski definition) is 1. The summed E-state index contributed by atoms with van der Waals surface area (Å²) >= 11 is 3.72. The van der Waals surface area contributed by atoms with Crippen LogP contribution in [0.15, 0.2) is 22.7 Å². The molecule has 2 nitrogen and oxygen atoms in total. The van der Waals surface area contributed by atoms with Gasteiger partial charge in [0.15, 0.2) is 0 Å². The number of rotatable bonds is 4. The highest BCUT2D eigenvalue weighted by atomic mass is 79.9. The van der Waals surface area contributed by atoms with E-state index in [-0.39, 0.29) is 6.04 Å². The van der Waals surface area contributed by atoms with E-state index >= 15 is 0 Å². The number of halogens is 1. The SMILES string of the molecule is CCC(N)Cc1ccc(N2CCC(C)C(C)C2)cc1Br. The lowest BCUT2D eigenvalue weighted by Gasteiger charge is -2.37. The summed E-state index contributed by atoms with van der Waals surface area (Å²) in [6, 6.07) is 7.01. The largest absolute Gasteiger partial charge is 0.371 e. The summed E-state index contributed by atoms with van der Waals surface area (Å²) in [5, 5.41) is 0. The predicted molar refractivity (Wildman–Crippen MR) is 91.3 cm³/mol. The highest BCUT2D eigenvalue weighted by molar-refractivity contribution is 9.10. The zero-order chi connectivity index (χ0) is 14.7. The third kappa shape index (κ3) is 3.76. The van der Waals surface area contributed by atoms with Gasteiger partial charge >= 0.3 is 0 Å². The fourth-order valence-corrected chi connectivity index (χ4v) is 3.35. The molecule has 1 aromatic carbocycles. The molecule has 0 radical (unpaired) electrons. The molecule has 0 spiro atoms. The number of nitrogens with zero attached hydrogens (tertiary/aromatic N) is 1. The first-order chi connectivity index (χ1) is 9.51. The molecular formula is C17H27BrN2. The second kappa shape index (κ2) is 6.95. The number of benzene rings is 1. The van der Waals surface area contributed by atoms with Crippen LogP contribution in [0.3, 0.4) is 0 Å². The van der Waals surface area contributed by atoms with E-state index in [0.717, 1.165) is 24.7 Å². The lowest BCUT2D eigenvalue weighted by atomic mass is 9.88. The topological polar surface area (TPSA) is 29.3 Å². The van der Waals surface area contributed by atoms with E-state index in [1.165, 1.54) is 35.2 Å². The fraction of sp³-hybridized carbons (Fsp3) is 0.647. The fourth-order valence-electron chi connectivity index (χ4n) is 2.82. The molecule has 0 saturated carbocycles. The van der Waals surface area contributed by atoms with Crippen LogP contribution in [0.25, 0.3) is 0 Å². The number of anilines is 1. The summed E-state index contributed by atoms with van der Waals surface area (Å²) in [6.07, 6.45) is 3.27. The maximum atomic E-state index is 6.06. The highest BCUT2D eigenvalue weighted by Crippen LogP contribution is 2.30. The molecule has 2 N–H and O–H groups in total. The first-order valence-electron chi connectivity index (χ1n) is 7.80. The van der Waals surface area contributed by atoms with Crippen LogP contribution in [0, 0.1) is 11.8 Å². The number of piperidine rings is 1. The standard InChI is InChI=1S/C17H27BrN2/c1-4-15(19)9-14-5-6-16(10-17(14)18)20-8-7-12(2)13(3)11-20/h5-6,10,12-13,15H,4,7-9,11,19H2,1-3H3. The van der Waals surface area contributed by atoms with E-state index in [1.54, 1.807) is 0 Å². The predicted octanol–water partition coefficient (Wildman–Crippen LogP) is 4.21. The van der Waals surface area contributed by atoms with E-state index in [0.29, 0.717) is 0 Å². The van der Waals surface area contributed by atoms with Gasteiger partial charge in [-0.3, -0.25) is 0 Å². The average Bonchev–Trinajstić information content (AvgIpc) is 2.44. The molecule has 3 heteroatoms. The Hall–Kier alpha value is -0.540. The van der Waals surface area contributed by atoms with Crippen LogP contribution < -0.4 is 10.6 Å². The molecular weight excluding hydrogens is 312 g/mol. The maximum absolute atomic E-state index is 6.06. The number of hydrogen-bond acceptors (Lipinski definition) is 2. The van der Waals surface area contributed by atoms with Crippen molar-refractivity contribution in [2.24, 2.45) is 17.6 Å². The smallest absolute Gasteiger partial charge is 0.0377 e. The molecule has 0 amide bonds. The van der Waals surface area contributed by atoms with Crippen molar-refractivity contribution >= 4 is 21.6 Å². The van der Waals surface area contributed by atoms with E-state index in [2.05, 4.69) is 59.8 Å². The zero-order valence-electron chi connectivity index (χ0n) is 12.9. The Kier molecular flexibility index (Phi) is 5.50. The molecule has 0 aliphatic carbocycles. The van der Waals surface area contributed by atoms with E-state index in [1.807, 2.05) is 0 Å². The lowest BCUT2D eigenvalue weighted by molar-refractivity contribution is 0.324. The summed E-state index contributed by atoms with van der Waals surface area (Å²) in [5.41, 5.74) is 8.72. The summed E-state index contributed by atoms with van der Waals surface area (Å²) in [7, 11) is 0. The van der Waals surface area contributed by atoms with Crippen molar-refractivity contribution in [2.45, 2.75) is 46.1 Å². The second-order valence-electron chi connectivity index (χ2n) is 6.34. The summed E-state index contributed by atoms with van der Waals surface area (Å²) in [4.78, 5) is 2.51.